The lowest BCUT2D eigenvalue weighted by atomic mass is 9.98. The number of benzene rings is 1. The Hall–Kier alpha value is -1.87. The van der Waals surface area contributed by atoms with E-state index in [1.165, 1.54) is 12.5 Å². The van der Waals surface area contributed by atoms with Gasteiger partial charge >= 0.3 is 5.97 Å². The molecule has 0 saturated carbocycles. The van der Waals surface area contributed by atoms with Crippen molar-refractivity contribution in [2.75, 3.05) is 6.54 Å². The molecule has 0 unspecified atom stereocenters. The predicted molar refractivity (Wildman–Crippen MR) is 84.8 cm³/mol. The second-order valence-corrected chi connectivity index (χ2v) is 5.38. The largest absolute Gasteiger partial charge is 0.458 e. The van der Waals surface area contributed by atoms with Gasteiger partial charge in [0.05, 0.1) is 0 Å². The van der Waals surface area contributed by atoms with Gasteiger partial charge in [-0.3, -0.25) is 9.69 Å². The maximum Gasteiger partial charge on any atom is 0.303 e. The monoisotopic (exact) mass is 285 g/mol. The van der Waals surface area contributed by atoms with Gasteiger partial charge in [0.1, 0.15) is 6.10 Å². The van der Waals surface area contributed by atoms with Gasteiger partial charge < -0.3 is 4.74 Å². The van der Waals surface area contributed by atoms with Crippen molar-refractivity contribution in [2.24, 2.45) is 0 Å². The van der Waals surface area contributed by atoms with E-state index in [0.29, 0.717) is 6.04 Å². The summed E-state index contributed by atoms with van der Waals surface area (Å²) in [6, 6.07) is 10.8. The van der Waals surface area contributed by atoms with E-state index in [2.05, 4.69) is 41.8 Å². The Balaban J connectivity index is 1.99. The van der Waals surface area contributed by atoms with Crippen molar-refractivity contribution < 1.29 is 9.53 Å². The molecular weight excluding hydrogens is 262 g/mol. The van der Waals surface area contributed by atoms with Crippen molar-refractivity contribution in [1.29, 1.82) is 0 Å². The third kappa shape index (κ3) is 4.87. The van der Waals surface area contributed by atoms with E-state index in [0.717, 1.165) is 25.9 Å². The number of ether oxygens (including phenoxy) is 1. The van der Waals surface area contributed by atoms with Gasteiger partial charge in [-0.05, 0) is 24.5 Å². The Morgan fingerprint density at radius 1 is 1.33 bits per heavy atom. The van der Waals surface area contributed by atoms with Crippen LogP contribution in [0.1, 0.15) is 25.3 Å². The molecule has 0 fully saturated rings. The molecule has 0 heterocycles. The Morgan fingerprint density at radius 2 is 2.10 bits per heavy atom. The molecule has 0 aliphatic heterocycles. The fourth-order valence-corrected chi connectivity index (χ4v) is 2.70. The summed E-state index contributed by atoms with van der Waals surface area (Å²) < 4.78 is 5.23. The topological polar surface area (TPSA) is 29.5 Å². The number of carbonyl (C=O) groups excluding carboxylic acids is 1. The zero-order chi connectivity index (χ0) is 15.1. The van der Waals surface area contributed by atoms with Gasteiger partial charge in [-0.2, -0.15) is 0 Å². The van der Waals surface area contributed by atoms with Crippen LogP contribution in [0.25, 0.3) is 0 Å². The minimum atomic E-state index is -0.213. The van der Waals surface area contributed by atoms with Crippen LogP contribution in [0.5, 0.6) is 0 Å². The van der Waals surface area contributed by atoms with Crippen LogP contribution in [-0.4, -0.2) is 29.6 Å². The zero-order valence-electron chi connectivity index (χ0n) is 12.6. The van der Waals surface area contributed by atoms with Gasteiger partial charge in [-0.1, -0.05) is 42.5 Å². The average molecular weight is 285 g/mol. The normalized spacial score (nSPS) is 21.2. The van der Waals surface area contributed by atoms with Crippen molar-refractivity contribution in [1.82, 2.24) is 4.90 Å². The van der Waals surface area contributed by atoms with E-state index < -0.39 is 0 Å². The number of esters is 1. The van der Waals surface area contributed by atoms with Crippen LogP contribution in [0.3, 0.4) is 0 Å². The molecule has 0 radical (unpaired) electrons. The highest BCUT2D eigenvalue weighted by Crippen LogP contribution is 2.21. The lowest BCUT2D eigenvalue weighted by Gasteiger charge is -2.32. The quantitative estimate of drug-likeness (QED) is 0.593. The van der Waals surface area contributed by atoms with Crippen LogP contribution in [0.4, 0.5) is 0 Å². The van der Waals surface area contributed by atoms with Gasteiger partial charge in [0, 0.05) is 26.1 Å². The molecule has 0 aromatic heterocycles. The number of hydrogen-bond donors (Lipinski definition) is 0. The first kappa shape index (κ1) is 15.5. The highest BCUT2D eigenvalue weighted by molar-refractivity contribution is 5.66. The van der Waals surface area contributed by atoms with Crippen molar-refractivity contribution >= 4 is 5.97 Å². The van der Waals surface area contributed by atoms with Crippen molar-refractivity contribution in [3.63, 3.8) is 0 Å². The molecule has 1 aliphatic rings. The van der Waals surface area contributed by atoms with Crippen LogP contribution in [0.2, 0.25) is 0 Å². The predicted octanol–water partition coefficient (Wildman–Crippen LogP) is 3.32. The minimum Gasteiger partial charge on any atom is -0.458 e. The molecule has 3 heteroatoms. The molecule has 2 atom stereocenters. The fraction of sp³-hybridized carbons (Fsp3) is 0.389. The first-order chi connectivity index (χ1) is 10.2. The third-order valence-electron chi connectivity index (χ3n) is 3.67. The molecule has 3 nitrogen and oxygen atoms in total. The summed E-state index contributed by atoms with van der Waals surface area (Å²) in [5.74, 6) is -0.213. The molecule has 0 saturated heterocycles. The van der Waals surface area contributed by atoms with Crippen LogP contribution >= 0.6 is 0 Å². The number of hydrogen-bond acceptors (Lipinski definition) is 3. The van der Waals surface area contributed by atoms with E-state index in [-0.39, 0.29) is 12.1 Å². The highest BCUT2D eigenvalue weighted by atomic mass is 16.5. The molecule has 1 aliphatic carbocycles. The summed E-state index contributed by atoms with van der Waals surface area (Å²) in [6.07, 6.45) is 7.91. The van der Waals surface area contributed by atoms with Crippen molar-refractivity contribution in [3.8, 4) is 0 Å². The van der Waals surface area contributed by atoms with Crippen LogP contribution in [0, 0.1) is 0 Å². The lowest BCUT2D eigenvalue weighted by molar-refractivity contribution is -0.144. The number of rotatable bonds is 6. The smallest absolute Gasteiger partial charge is 0.303 e. The molecular formula is C18H23NO2. The summed E-state index contributed by atoms with van der Waals surface area (Å²) in [6.45, 7) is 7.07. The van der Waals surface area contributed by atoms with E-state index in [9.17, 15) is 4.79 Å². The Morgan fingerprint density at radius 3 is 2.67 bits per heavy atom. The highest BCUT2D eigenvalue weighted by Gasteiger charge is 2.22. The average Bonchev–Trinajstić information content (AvgIpc) is 2.48. The Bertz CT molecular complexity index is 495. The van der Waals surface area contributed by atoms with Gasteiger partial charge in [0.15, 0.2) is 0 Å². The molecule has 112 valence electrons. The van der Waals surface area contributed by atoms with Crippen LogP contribution in [0.15, 0.2) is 55.1 Å². The van der Waals surface area contributed by atoms with E-state index >= 15 is 0 Å². The number of carbonyl (C=O) groups is 1. The van der Waals surface area contributed by atoms with Crippen LogP contribution < -0.4 is 0 Å². The Labute approximate surface area is 126 Å². The molecule has 0 bridgehead atoms. The zero-order valence-corrected chi connectivity index (χ0v) is 12.6. The maximum absolute atomic E-state index is 11.0. The van der Waals surface area contributed by atoms with Gasteiger partial charge in [-0.15, -0.1) is 6.58 Å². The molecule has 0 spiro atoms. The third-order valence-corrected chi connectivity index (χ3v) is 3.67. The SMILES string of the molecule is C=CCN(Cc1ccccc1)[C@H]1C=C[C@@H](OC(C)=O)CC1. The first-order valence-electron chi connectivity index (χ1n) is 7.43. The summed E-state index contributed by atoms with van der Waals surface area (Å²) in [7, 11) is 0. The summed E-state index contributed by atoms with van der Waals surface area (Å²) in [5, 5.41) is 0. The molecule has 21 heavy (non-hydrogen) atoms. The van der Waals surface area contributed by atoms with E-state index in [4.69, 9.17) is 4.74 Å². The summed E-state index contributed by atoms with van der Waals surface area (Å²) in [5.41, 5.74) is 1.30. The number of nitrogens with zero attached hydrogens (tertiary/aromatic N) is 1. The van der Waals surface area contributed by atoms with Gasteiger partial charge in [-0.25, -0.2) is 0 Å². The van der Waals surface area contributed by atoms with Gasteiger partial charge in [0.25, 0.3) is 0 Å². The van der Waals surface area contributed by atoms with Crippen molar-refractivity contribution in [3.05, 3.63) is 60.7 Å². The second-order valence-electron chi connectivity index (χ2n) is 5.38. The summed E-state index contributed by atoms with van der Waals surface area (Å²) >= 11 is 0. The summed E-state index contributed by atoms with van der Waals surface area (Å²) in [4.78, 5) is 13.4. The fourth-order valence-electron chi connectivity index (χ4n) is 2.70. The van der Waals surface area contributed by atoms with E-state index in [1.54, 1.807) is 0 Å². The van der Waals surface area contributed by atoms with E-state index in [1.807, 2.05) is 18.2 Å². The Kier molecular flexibility index (Phi) is 5.76. The molecule has 1 aromatic rings. The standard InChI is InChI=1S/C18H23NO2/c1-3-13-19(14-16-7-5-4-6-8-16)17-9-11-18(12-10-17)21-15(2)20/h3-9,11,17-18H,1,10,12-14H2,2H3/t17-,18+/m0/s1. The minimum absolute atomic E-state index is 0.0685. The molecule has 2 rings (SSSR count). The lowest BCUT2D eigenvalue weighted by Crippen LogP contribution is -2.36. The maximum atomic E-state index is 11.0. The first-order valence-corrected chi connectivity index (χ1v) is 7.43. The molecule has 0 amide bonds. The van der Waals surface area contributed by atoms with Gasteiger partial charge in [0.2, 0.25) is 0 Å². The van der Waals surface area contributed by atoms with Crippen molar-refractivity contribution in [2.45, 2.75) is 38.5 Å². The second kappa shape index (κ2) is 7.79. The van der Waals surface area contributed by atoms with Crippen LogP contribution in [-0.2, 0) is 16.1 Å². The molecule has 0 N–H and O–H groups in total. The molecule has 1 aromatic carbocycles.